The highest BCUT2D eigenvalue weighted by Gasteiger charge is 2.28. The van der Waals surface area contributed by atoms with Gasteiger partial charge >= 0.3 is 0 Å². The van der Waals surface area contributed by atoms with E-state index in [1.807, 2.05) is 0 Å². The van der Waals surface area contributed by atoms with Gasteiger partial charge in [0.25, 0.3) is 17.5 Å². The average Bonchev–Trinajstić information content (AvgIpc) is 3.16. The van der Waals surface area contributed by atoms with Crippen LogP contribution >= 0.6 is 11.6 Å². The molecular weight excluding hydrogens is 486 g/mol. The number of nitro groups is 1. The van der Waals surface area contributed by atoms with Crippen LogP contribution in [0.3, 0.4) is 0 Å². The third-order valence-corrected chi connectivity index (χ3v) is 5.73. The van der Waals surface area contributed by atoms with Gasteiger partial charge < -0.3 is 9.73 Å². The number of hydrogen-bond donors (Lipinski definition) is 2. The lowest BCUT2D eigenvalue weighted by Crippen LogP contribution is -2.22. The van der Waals surface area contributed by atoms with Crippen LogP contribution in [-0.2, 0) is 6.42 Å². The summed E-state index contributed by atoms with van der Waals surface area (Å²) in [6.07, 6.45) is 1.63. The summed E-state index contributed by atoms with van der Waals surface area (Å²) < 4.78 is 32.8. The quantitative estimate of drug-likeness (QED) is 0.368. The topological polar surface area (TPSA) is 127 Å². The summed E-state index contributed by atoms with van der Waals surface area (Å²) in [5.41, 5.74) is 3.18. The second kappa shape index (κ2) is 9.63. The van der Waals surface area contributed by atoms with Crippen molar-refractivity contribution in [3.05, 3.63) is 91.4 Å². The number of carbonyl (C=O) groups is 2. The van der Waals surface area contributed by atoms with E-state index in [0.29, 0.717) is 47.9 Å². The number of furan rings is 1. The Kier molecular flexibility index (Phi) is 6.61. The van der Waals surface area contributed by atoms with Gasteiger partial charge in [0.15, 0.2) is 5.76 Å². The number of hydrogen-bond acceptors (Lipinski definition) is 6. The number of carbonyl (C=O) groups excluding carboxylic acids is 2. The van der Waals surface area contributed by atoms with Gasteiger partial charge in [0.1, 0.15) is 22.4 Å². The zero-order valence-corrected chi connectivity index (χ0v) is 18.9. The summed E-state index contributed by atoms with van der Waals surface area (Å²) in [4.78, 5) is 35.6. The van der Waals surface area contributed by atoms with Crippen LogP contribution in [0.4, 0.5) is 20.2 Å². The molecule has 0 fully saturated rings. The third kappa shape index (κ3) is 4.90. The molecule has 2 N–H and O–H groups in total. The first-order valence-corrected chi connectivity index (χ1v) is 10.7. The number of amides is 2. The smallest absolute Gasteiger partial charge is 0.291 e. The molecule has 0 aliphatic heterocycles. The molecule has 0 saturated heterocycles. The van der Waals surface area contributed by atoms with Gasteiger partial charge in [-0.15, -0.1) is 0 Å². The fourth-order valence-electron chi connectivity index (χ4n) is 3.74. The zero-order valence-electron chi connectivity index (χ0n) is 18.2. The molecule has 1 aromatic heterocycles. The van der Waals surface area contributed by atoms with E-state index in [-0.39, 0.29) is 22.0 Å². The zero-order chi connectivity index (χ0) is 25.3. The first-order chi connectivity index (χ1) is 16.7. The average molecular weight is 503 g/mol. The molecule has 1 aliphatic carbocycles. The van der Waals surface area contributed by atoms with Crippen molar-refractivity contribution in [2.75, 3.05) is 5.32 Å². The molecule has 0 atom stereocenters. The number of rotatable bonds is 5. The highest BCUT2D eigenvalue weighted by Crippen LogP contribution is 2.31. The van der Waals surface area contributed by atoms with E-state index in [9.17, 15) is 28.5 Å². The summed E-state index contributed by atoms with van der Waals surface area (Å²) in [6, 6.07) is 6.39. The number of nitrogens with zero attached hydrogens (tertiary/aromatic N) is 2. The Labute approximate surface area is 201 Å². The minimum Gasteiger partial charge on any atom is -0.455 e. The van der Waals surface area contributed by atoms with E-state index >= 15 is 0 Å². The van der Waals surface area contributed by atoms with Crippen LogP contribution in [-0.4, -0.2) is 22.4 Å². The van der Waals surface area contributed by atoms with Crippen molar-refractivity contribution in [3.63, 3.8) is 0 Å². The Bertz CT molecular complexity index is 1400. The second-order valence-electron chi connectivity index (χ2n) is 7.71. The van der Waals surface area contributed by atoms with E-state index in [0.717, 1.165) is 18.2 Å². The second-order valence-corrected chi connectivity index (χ2v) is 8.12. The van der Waals surface area contributed by atoms with Crippen molar-refractivity contribution in [2.45, 2.75) is 26.2 Å². The molecule has 9 nitrogen and oxygen atoms in total. The summed E-state index contributed by atoms with van der Waals surface area (Å²) in [5.74, 6) is -2.70. The summed E-state index contributed by atoms with van der Waals surface area (Å²) in [6.45, 7) is 1.63. The first kappa shape index (κ1) is 24.0. The molecule has 1 heterocycles. The number of nitro benzene ring substituents is 1. The van der Waals surface area contributed by atoms with E-state index in [2.05, 4.69) is 15.8 Å². The van der Waals surface area contributed by atoms with Crippen LogP contribution in [0.2, 0.25) is 5.02 Å². The molecule has 1 aliphatic rings. The van der Waals surface area contributed by atoms with Gasteiger partial charge in [0.2, 0.25) is 0 Å². The van der Waals surface area contributed by atoms with Gasteiger partial charge in [-0.1, -0.05) is 11.6 Å². The van der Waals surface area contributed by atoms with Crippen LogP contribution in [0.1, 0.15) is 50.6 Å². The van der Waals surface area contributed by atoms with Crippen LogP contribution in [0.25, 0.3) is 0 Å². The standard InChI is InChI=1S/C23H17ClF2N4O5/c1-11-20-17(28-29-22(31)12-5-7-14(24)18(9-12)30(33)34)3-2-4-19(20)35-21(11)23(32)27-16-8-6-13(25)10-15(16)26/h5-10H,2-4H2,1H3,(H,27,32)(H,29,31)/b28-17+. The molecule has 35 heavy (non-hydrogen) atoms. The fraction of sp³-hybridized carbons (Fsp3) is 0.174. The van der Waals surface area contributed by atoms with Crippen LogP contribution < -0.4 is 10.7 Å². The van der Waals surface area contributed by atoms with E-state index in [1.54, 1.807) is 6.92 Å². The number of halogens is 3. The largest absolute Gasteiger partial charge is 0.455 e. The Morgan fingerprint density at radius 3 is 2.63 bits per heavy atom. The molecule has 0 saturated carbocycles. The van der Waals surface area contributed by atoms with E-state index < -0.39 is 34.1 Å². The van der Waals surface area contributed by atoms with Gasteiger partial charge in [-0.05, 0) is 44.0 Å². The third-order valence-electron chi connectivity index (χ3n) is 5.41. The van der Waals surface area contributed by atoms with Gasteiger partial charge in [-0.25, -0.2) is 14.2 Å². The Hall–Kier alpha value is -4.12. The number of hydrazone groups is 1. The van der Waals surface area contributed by atoms with Gasteiger partial charge in [0, 0.05) is 35.2 Å². The maximum atomic E-state index is 13.9. The number of benzene rings is 2. The van der Waals surface area contributed by atoms with Crippen molar-refractivity contribution < 1.29 is 27.7 Å². The minimum atomic E-state index is -0.931. The first-order valence-electron chi connectivity index (χ1n) is 10.4. The van der Waals surface area contributed by atoms with Crippen molar-refractivity contribution in [1.29, 1.82) is 0 Å². The molecule has 180 valence electrons. The minimum absolute atomic E-state index is 0.00760. The van der Waals surface area contributed by atoms with Crippen molar-refractivity contribution in [3.8, 4) is 0 Å². The highest BCUT2D eigenvalue weighted by atomic mass is 35.5. The summed E-state index contributed by atoms with van der Waals surface area (Å²) in [5, 5.41) is 17.5. The molecule has 0 radical (unpaired) electrons. The molecule has 3 aromatic rings. The van der Waals surface area contributed by atoms with Crippen molar-refractivity contribution >= 4 is 40.5 Å². The summed E-state index contributed by atoms with van der Waals surface area (Å²) in [7, 11) is 0. The normalized spacial score (nSPS) is 13.9. The molecule has 0 unspecified atom stereocenters. The molecule has 12 heteroatoms. The Balaban J connectivity index is 1.57. The fourth-order valence-corrected chi connectivity index (χ4v) is 3.93. The van der Waals surface area contributed by atoms with Crippen LogP contribution in [0.15, 0.2) is 45.9 Å². The number of fused-ring (bicyclic) bond motifs is 1. The number of aryl methyl sites for hydroxylation is 1. The SMILES string of the molecule is Cc1c(C(=O)Nc2ccc(F)cc2F)oc2c1/C(=N/NC(=O)c1ccc(Cl)c([N+](=O)[O-])c1)CCC2. The van der Waals surface area contributed by atoms with Crippen LogP contribution in [0, 0.1) is 28.7 Å². The lowest BCUT2D eigenvalue weighted by Gasteiger charge is -2.13. The van der Waals surface area contributed by atoms with Crippen molar-refractivity contribution in [2.24, 2.45) is 5.10 Å². The van der Waals surface area contributed by atoms with E-state index in [4.69, 9.17) is 16.0 Å². The maximum absolute atomic E-state index is 13.9. The predicted molar refractivity (Wildman–Crippen MR) is 123 cm³/mol. The number of anilines is 1. The Morgan fingerprint density at radius 1 is 1.14 bits per heavy atom. The molecule has 0 bridgehead atoms. The van der Waals surface area contributed by atoms with Crippen LogP contribution in [0.5, 0.6) is 0 Å². The van der Waals surface area contributed by atoms with Gasteiger partial charge in [-0.3, -0.25) is 19.7 Å². The van der Waals surface area contributed by atoms with Gasteiger partial charge in [0.05, 0.1) is 16.3 Å². The lowest BCUT2D eigenvalue weighted by atomic mass is 9.93. The molecule has 4 rings (SSSR count). The molecule has 2 amide bonds. The lowest BCUT2D eigenvalue weighted by molar-refractivity contribution is -0.384. The van der Waals surface area contributed by atoms with Gasteiger partial charge in [-0.2, -0.15) is 5.10 Å². The maximum Gasteiger partial charge on any atom is 0.291 e. The molecule has 2 aromatic carbocycles. The predicted octanol–water partition coefficient (Wildman–Crippen LogP) is 5.15. The summed E-state index contributed by atoms with van der Waals surface area (Å²) >= 11 is 5.78. The monoisotopic (exact) mass is 502 g/mol. The molecule has 0 spiro atoms. The number of nitrogens with one attached hydrogen (secondary N) is 2. The van der Waals surface area contributed by atoms with Crippen molar-refractivity contribution in [1.82, 2.24) is 5.43 Å². The highest BCUT2D eigenvalue weighted by molar-refractivity contribution is 6.32. The van der Waals surface area contributed by atoms with E-state index in [1.165, 1.54) is 12.1 Å². The molecular formula is C23H17ClF2N4O5. The Morgan fingerprint density at radius 2 is 1.91 bits per heavy atom.